The largest absolute Gasteiger partial charge is 0.369 e. The number of fused-ring (bicyclic) bond motifs is 2. The van der Waals surface area contributed by atoms with Gasteiger partial charge in [-0.25, -0.2) is 9.97 Å². The van der Waals surface area contributed by atoms with Gasteiger partial charge in [0.15, 0.2) is 5.82 Å². The monoisotopic (exact) mass is 350 g/mol. The third kappa shape index (κ3) is 3.02. The van der Waals surface area contributed by atoms with Crippen molar-refractivity contribution >= 4 is 11.6 Å². The van der Waals surface area contributed by atoms with E-state index in [4.69, 9.17) is 0 Å². The highest BCUT2D eigenvalue weighted by molar-refractivity contribution is 5.48. The van der Waals surface area contributed by atoms with Gasteiger partial charge in [-0.05, 0) is 56.6 Å². The molecule has 0 atom stereocenters. The average Bonchev–Trinajstić information content (AvgIpc) is 2.96. The first-order chi connectivity index (χ1) is 12.9. The van der Waals surface area contributed by atoms with Crippen molar-refractivity contribution in [1.82, 2.24) is 20.2 Å². The Hall–Kier alpha value is -2.24. The SMILES string of the molecule is c1nc2c(c(NCC3CN(c4cc5c(nn4)CCC5)C3)n1)CCCCC2. The molecular weight excluding hydrogens is 324 g/mol. The van der Waals surface area contributed by atoms with Crippen LogP contribution in [0.3, 0.4) is 0 Å². The van der Waals surface area contributed by atoms with Crippen molar-refractivity contribution in [3.8, 4) is 0 Å². The number of nitrogens with zero attached hydrogens (tertiary/aromatic N) is 5. The van der Waals surface area contributed by atoms with Crippen LogP contribution in [0.1, 0.15) is 48.2 Å². The van der Waals surface area contributed by atoms with E-state index in [0.717, 1.165) is 57.0 Å². The molecule has 2 aromatic heterocycles. The maximum Gasteiger partial charge on any atom is 0.151 e. The Balaban J connectivity index is 1.19. The van der Waals surface area contributed by atoms with Crippen LogP contribution in [0.25, 0.3) is 0 Å². The Bertz CT molecular complexity index is 799. The topological polar surface area (TPSA) is 66.8 Å². The zero-order valence-electron chi connectivity index (χ0n) is 15.2. The van der Waals surface area contributed by atoms with Crippen LogP contribution in [0, 0.1) is 5.92 Å². The maximum absolute atomic E-state index is 4.52. The number of aromatic nitrogens is 4. The zero-order chi connectivity index (χ0) is 17.3. The molecule has 0 saturated carbocycles. The fourth-order valence-electron chi connectivity index (χ4n) is 4.45. The van der Waals surface area contributed by atoms with Gasteiger partial charge < -0.3 is 10.2 Å². The highest BCUT2D eigenvalue weighted by atomic mass is 15.3. The van der Waals surface area contributed by atoms with E-state index < -0.39 is 0 Å². The molecule has 0 amide bonds. The fraction of sp³-hybridized carbons (Fsp3) is 0.600. The molecule has 26 heavy (non-hydrogen) atoms. The van der Waals surface area contributed by atoms with Crippen molar-refractivity contribution in [3.63, 3.8) is 0 Å². The van der Waals surface area contributed by atoms with E-state index in [9.17, 15) is 0 Å². The second-order valence-corrected chi connectivity index (χ2v) is 7.89. The van der Waals surface area contributed by atoms with E-state index in [0.29, 0.717) is 5.92 Å². The number of rotatable bonds is 4. The number of aryl methyl sites for hydroxylation is 3. The molecule has 2 aromatic rings. The molecule has 6 nitrogen and oxygen atoms in total. The van der Waals surface area contributed by atoms with Crippen molar-refractivity contribution in [1.29, 1.82) is 0 Å². The Morgan fingerprint density at radius 2 is 1.81 bits per heavy atom. The molecule has 0 radical (unpaired) electrons. The first-order valence-corrected chi connectivity index (χ1v) is 10.0. The lowest BCUT2D eigenvalue weighted by molar-refractivity contribution is 0.424. The van der Waals surface area contributed by atoms with Crippen LogP contribution in [-0.2, 0) is 25.7 Å². The second kappa shape index (κ2) is 6.82. The Labute approximate surface area is 154 Å². The first-order valence-electron chi connectivity index (χ1n) is 10.0. The maximum atomic E-state index is 4.52. The van der Waals surface area contributed by atoms with E-state index in [2.05, 4.69) is 36.4 Å². The molecule has 136 valence electrons. The van der Waals surface area contributed by atoms with Crippen LogP contribution in [0.5, 0.6) is 0 Å². The summed E-state index contributed by atoms with van der Waals surface area (Å²) in [7, 11) is 0. The molecule has 1 N–H and O–H groups in total. The van der Waals surface area contributed by atoms with E-state index in [1.54, 1.807) is 6.33 Å². The van der Waals surface area contributed by atoms with Gasteiger partial charge in [-0.3, -0.25) is 0 Å². The molecule has 3 aliphatic rings. The fourth-order valence-corrected chi connectivity index (χ4v) is 4.45. The van der Waals surface area contributed by atoms with Crippen molar-refractivity contribution in [2.75, 3.05) is 29.9 Å². The summed E-state index contributed by atoms with van der Waals surface area (Å²) in [4.78, 5) is 11.4. The molecule has 0 bridgehead atoms. The standard InChI is InChI=1S/C20H26N6/c1-2-6-16-18(7-3-1)22-13-23-20(16)21-10-14-11-26(12-14)19-9-15-5-4-8-17(15)24-25-19/h9,13-14H,1-8,10-12H2,(H,21,22,23). The number of hydrogen-bond donors (Lipinski definition) is 1. The Kier molecular flexibility index (Phi) is 4.19. The molecule has 0 spiro atoms. The van der Waals surface area contributed by atoms with Crippen molar-refractivity contribution < 1.29 is 0 Å². The molecular formula is C20H26N6. The van der Waals surface area contributed by atoms with Crippen molar-refractivity contribution in [3.05, 3.63) is 34.9 Å². The second-order valence-electron chi connectivity index (χ2n) is 7.89. The minimum atomic E-state index is 0.640. The van der Waals surface area contributed by atoms with Crippen LogP contribution >= 0.6 is 0 Å². The van der Waals surface area contributed by atoms with Gasteiger partial charge >= 0.3 is 0 Å². The van der Waals surface area contributed by atoms with Crippen LogP contribution in [0.15, 0.2) is 12.4 Å². The third-order valence-electron chi connectivity index (χ3n) is 6.02. The molecule has 2 aliphatic carbocycles. The van der Waals surface area contributed by atoms with Crippen LogP contribution in [0.2, 0.25) is 0 Å². The van der Waals surface area contributed by atoms with E-state index >= 15 is 0 Å². The van der Waals surface area contributed by atoms with Crippen LogP contribution in [0.4, 0.5) is 11.6 Å². The summed E-state index contributed by atoms with van der Waals surface area (Å²) in [5, 5.41) is 12.4. The minimum Gasteiger partial charge on any atom is -0.369 e. The van der Waals surface area contributed by atoms with Crippen molar-refractivity contribution in [2.24, 2.45) is 5.92 Å². The summed E-state index contributed by atoms with van der Waals surface area (Å²) < 4.78 is 0. The molecule has 0 unspecified atom stereocenters. The molecule has 0 aromatic carbocycles. The van der Waals surface area contributed by atoms with E-state index in [-0.39, 0.29) is 0 Å². The third-order valence-corrected chi connectivity index (χ3v) is 6.02. The van der Waals surface area contributed by atoms with Gasteiger partial charge in [0.1, 0.15) is 12.1 Å². The average molecular weight is 350 g/mol. The van der Waals surface area contributed by atoms with Gasteiger partial charge in [0.2, 0.25) is 0 Å². The van der Waals surface area contributed by atoms with Gasteiger partial charge in [0, 0.05) is 36.8 Å². The molecule has 1 aliphatic heterocycles. The van der Waals surface area contributed by atoms with Crippen molar-refractivity contribution in [2.45, 2.75) is 51.4 Å². The number of anilines is 2. The molecule has 1 saturated heterocycles. The van der Waals surface area contributed by atoms with Gasteiger partial charge in [-0.1, -0.05) is 6.42 Å². The quantitative estimate of drug-likeness (QED) is 0.855. The van der Waals surface area contributed by atoms with E-state index in [1.165, 1.54) is 48.2 Å². The highest BCUT2D eigenvalue weighted by Crippen LogP contribution is 2.28. The van der Waals surface area contributed by atoms with Crippen LogP contribution < -0.4 is 10.2 Å². The molecule has 3 heterocycles. The summed E-state index contributed by atoms with van der Waals surface area (Å²) in [6.45, 7) is 3.07. The summed E-state index contributed by atoms with van der Waals surface area (Å²) in [5.41, 5.74) is 5.21. The smallest absolute Gasteiger partial charge is 0.151 e. The lowest BCUT2D eigenvalue weighted by Gasteiger charge is -2.40. The predicted molar refractivity (Wildman–Crippen MR) is 102 cm³/mol. The molecule has 6 heteroatoms. The zero-order valence-corrected chi connectivity index (χ0v) is 15.2. The molecule has 1 fully saturated rings. The van der Waals surface area contributed by atoms with E-state index in [1.807, 2.05) is 0 Å². The minimum absolute atomic E-state index is 0.640. The summed E-state index contributed by atoms with van der Waals surface area (Å²) in [6, 6.07) is 2.25. The normalized spacial score (nSPS) is 19.5. The molecule has 5 rings (SSSR count). The highest BCUT2D eigenvalue weighted by Gasteiger charge is 2.29. The van der Waals surface area contributed by atoms with Gasteiger partial charge in [0.25, 0.3) is 0 Å². The van der Waals surface area contributed by atoms with Crippen LogP contribution in [-0.4, -0.2) is 39.8 Å². The summed E-state index contributed by atoms with van der Waals surface area (Å²) in [6.07, 6.45) is 11.2. The van der Waals surface area contributed by atoms with Gasteiger partial charge in [-0.2, -0.15) is 5.10 Å². The number of nitrogens with one attached hydrogen (secondary N) is 1. The summed E-state index contributed by atoms with van der Waals surface area (Å²) in [5.74, 6) is 2.76. The lowest BCUT2D eigenvalue weighted by atomic mass is 9.99. The summed E-state index contributed by atoms with van der Waals surface area (Å²) >= 11 is 0. The van der Waals surface area contributed by atoms with Gasteiger partial charge in [0.05, 0.1) is 5.69 Å². The van der Waals surface area contributed by atoms with Gasteiger partial charge in [-0.15, -0.1) is 5.10 Å². The lowest BCUT2D eigenvalue weighted by Crippen LogP contribution is -2.50. The number of hydrogen-bond acceptors (Lipinski definition) is 6. The Morgan fingerprint density at radius 3 is 2.77 bits per heavy atom. The predicted octanol–water partition coefficient (Wildman–Crippen LogP) is 2.57. The first kappa shape index (κ1) is 16.0. The Morgan fingerprint density at radius 1 is 0.923 bits per heavy atom.